The second-order valence-electron chi connectivity index (χ2n) is 5.08. The van der Waals surface area contributed by atoms with Crippen molar-refractivity contribution in [2.24, 2.45) is 0 Å². The Labute approximate surface area is 134 Å². The number of anilines is 1. The summed E-state index contributed by atoms with van der Waals surface area (Å²) in [6, 6.07) is 11.7. The zero-order valence-corrected chi connectivity index (χ0v) is 12.9. The van der Waals surface area contributed by atoms with Gasteiger partial charge in [0.1, 0.15) is 11.6 Å². The third-order valence-electron chi connectivity index (χ3n) is 3.45. The molecule has 0 bridgehead atoms. The number of hydrogen-bond donors (Lipinski definition) is 1. The quantitative estimate of drug-likeness (QED) is 0.774. The molecule has 116 valence electrons. The number of benzene rings is 1. The molecule has 0 unspecified atom stereocenters. The predicted octanol–water partition coefficient (Wildman–Crippen LogP) is 4.43. The molecule has 0 radical (unpaired) electrons. The van der Waals surface area contributed by atoms with Gasteiger partial charge in [0.05, 0.1) is 23.8 Å². The normalized spacial score (nSPS) is 10.4. The van der Waals surface area contributed by atoms with Crippen molar-refractivity contribution in [3.05, 3.63) is 66.2 Å². The molecule has 2 heterocycles. The van der Waals surface area contributed by atoms with Crippen LogP contribution in [0.5, 0.6) is 11.6 Å². The van der Waals surface area contributed by atoms with Crippen molar-refractivity contribution in [1.29, 1.82) is 0 Å². The van der Waals surface area contributed by atoms with E-state index < -0.39 is 0 Å². The lowest BCUT2D eigenvalue weighted by molar-refractivity contribution is 0.460. The molecule has 1 N–H and O–H groups in total. The average Bonchev–Trinajstić information content (AvgIpc) is 2.57. The average molecular weight is 309 g/mol. The van der Waals surface area contributed by atoms with Gasteiger partial charge in [-0.25, -0.2) is 9.37 Å². The Morgan fingerprint density at radius 3 is 2.39 bits per heavy atom. The molecule has 5 heteroatoms. The van der Waals surface area contributed by atoms with E-state index in [1.54, 1.807) is 24.5 Å². The van der Waals surface area contributed by atoms with Crippen LogP contribution in [-0.4, -0.2) is 17.0 Å². The van der Waals surface area contributed by atoms with Crippen LogP contribution in [0.3, 0.4) is 0 Å². The maximum atomic E-state index is 12.9. The van der Waals surface area contributed by atoms with Gasteiger partial charge in [0.15, 0.2) is 0 Å². The molecule has 3 aromatic rings. The van der Waals surface area contributed by atoms with Crippen LogP contribution >= 0.6 is 0 Å². The fourth-order valence-electron chi connectivity index (χ4n) is 2.20. The van der Waals surface area contributed by atoms with Gasteiger partial charge in [0.2, 0.25) is 5.88 Å². The highest BCUT2D eigenvalue weighted by molar-refractivity contribution is 5.59. The molecule has 2 aromatic heterocycles. The van der Waals surface area contributed by atoms with E-state index in [-0.39, 0.29) is 5.82 Å². The molecule has 0 saturated carbocycles. The van der Waals surface area contributed by atoms with Crippen LogP contribution in [0.25, 0.3) is 11.3 Å². The first kappa shape index (κ1) is 15.0. The van der Waals surface area contributed by atoms with E-state index in [2.05, 4.69) is 15.3 Å². The second-order valence-corrected chi connectivity index (χ2v) is 5.08. The van der Waals surface area contributed by atoms with E-state index in [0.29, 0.717) is 11.6 Å². The van der Waals surface area contributed by atoms with Crippen molar-refractivity contribution < 1.29 is 9.13 Å². The minimum atomic E-state index is -0.264. The lowest BCUT2D eigenvalue weighted by Crippen LogP contribution is -1.95. The van der Waals surface area contributed by atoms with E-state index in [1.165, 1.54) is 12.1 Å². The van der Waals surface area contributed by atoms with E-state index >= 15 is 0 Å². The molecular formula is C18H16FN3O. The third kappa shape index (κ3) is 3.45. The number of ether oxygens (including phenoxy) is 1. The molecule has 0 atom stereocenters. The van der Waals surface area contributed by atoms with Crippen LogP contribution in [0.2, 0.25) is 0 Å². The number of pyridine rings is 2. The van der Waals surface area contributed by atoms with Crippen LogP contribution in [-0.2, 0) is 0 Å². The van der Waals surface area contributed by atoms with Crippen LogP contribution in [0.1, 0.15) is 5.56 Å². The molecule has 0 aliphatic carbocycles. The molecule has 1 aromatic carbocycles. The van der Waals surface area contributed by atoms with Gasteiger partial charge in [-0.15, -0.1) is 0 Å². The summed E-state index contributed by atoms with van der Waals surface area (Å²) in [5.41, 5.74) is 3.62. The standard InChI is InChI=1S/C18H16FN3O/c1-12-9-18(22-11-17(12)20-2)23-15-7-8-16(21-10-15)13-3-5-14(19)6-4-13/h3-11,20H,1-2H3. The molecule has 0 fully saturated rings. The zero-order valence-electron chi connectivity index (χ0n) is 12.9. The Morgan fingerprint density at radius 1 is 1.00 bits per heavy atom. The molecule has 23 heavy (non-hydrogen) atoms. The summed E-state index contributed by atoms with van der Waals surface area (Å²) in [5.74, 6) is 0.845. The summed E-state index contributed by atoms with van der Waals surface area (Å²) in [4.78, 5) is 8.59. The van der Waals surface area contributed by atoms with Gasteiger partial charge in [-0.1, -0.05) is 0 Å². The maximum absolute atomic E-state index is 12.9. The number of nitrogens with zero attached hydrogens (tertiary/aromatic N) is 2. The highest BCUT2D eigenvalue weighted by atomic mass is 19.1. The van der Waals surface area contributed by atoms with E-state index in [1.807, 2.05) is 32.2 Å². The fraction of sp³-hybridized carbons (Fsp3) is 0.111. The van der Waals surface area contributed by atoms with Gasteiger partial charge in [-0.3, -0.25) is 4.98 Å². The highest BCUT2D eigenvalue weighted by Crippen LogP contribution is 2.25. The molecule has 0 spiro atoms. The zero-order chi connectivity index (χ0) is 16.2. The minimum Gasteiger partial charge on any atom is -0.437 e. The summed E-state index contributed by atoms with van der Waals surface area (Å²) >= 11 is 0. The molecule has 3 rings (SSSR count). The predicted molar refractivity (Wildman–Crippen MR) is 88.2 cm³/mol. The number of aryl methyl sites for hydroxylation is 1. The van der Waals surface area contributed by atoms with Crippen molar-refractivity contribution in [1.82, 2.24) is 9.97 Å². The van der Waals surface area contributed by atoms with Gasteiger partial charge in [-0.2, -0.15) is 0 Å². The number of halogens is 1. The van der Waals surface area contributed by atoms with Crippen molar-refractivity contribution in [2.45, 2.75) is 6.92 Å². The van der Waals surface area contributed by atoms with Crippen LogP contribution < -0.4 is 10.1 Å². The third-order valence-corrected chi connectivity index (χ3v) is 3.45. The molecule has 0 aliphatic rings. The van der Waals surface area contributed by atoms with Crippen molar-refractivity contribution >= 4 is 5.69 Å². The molecule has 4 nitrogen and oxygen atoms in total. The summed E-state index contributed by atoms with van der Waals surface area (Å²) in [7, 11) is 1.85. The van der Waals surface area contributed by atoms with E-state index in [9.17, 15) is 4.39 Å². The van der Waals surface area contributed by atoms with Crippen molar-refractivity contribution in [3.8, 4) is 22.9 Å². The number of aromatic nitrogens is 2. The summed E-state index contributed by atoms with van der Waals surface area (Å²) in [6.07, 6.45) is 3.35. The first-order valence-corrected chi connectivity index (χ1v) is 7.20. The van der Waals surface area contributed by atoms with Gasteiger partial charge in [-0.05, 0) is 48.9 Å². The largest absolute Gasteiger partial charge is 0.437 e. The summed E-state index contributed by atoms with van der Waals surface area (Å²) in [6.45, 7) is 1.98. The van der Waals surface area contributed by atoms with E-state index in [4.69, 9.17) is 4.74 Å². The van der Waals surface area contributed by atoms with Crippen LogP contribution in [0.15, 0.2) is 54.9 Å². The van der Waals surface area contributed by atoms with Gasteiger partial charge in [0.25, 0.3) is 0 Å². The SMILES string of the molecule is CNc1cnc(Oc2ccc(-c3ccc(F)cc3)nc2)cc1C. The minimum absolute atomic E-state index is 0.264. The molecular weight excluding hydrogens is 293 g/mol. The molecule has 0 aliphatic heterocycles. The van der Waals surface area contributed by atoms with Gasteiger partial charge < -0.3 is 10.1 Å². The smallest absolute Gasteiger partial charge is 0.219 e. The Morgan fingerprint density at radius 2 is 1.78 bits per heavy atom. The van der Waals surface area contributed by atoms with E-state index in [0.717, 1.165) is 22.5 Å². The Hall–Kier alpha value is -2.95. The molecule has 0 saturated heterocycles. The number of rotatable bonds is 4. The van der Waals surface area contributed by atoms with Gasteiger partial charge >= 0.3 is 0 Å². The summed E-state index contributed by atoms with van der Waals surface area (Å²) < 4.78 is 18.7. The van der Waals surface area contributed by atoms with Gasteiger partial charge in [0, 0.05) is 18.7 Å². The number of hydrogen-bond acceptors (Lipinski definition) is 4. The van der Waals surface area contributed by atoms with Crippen LogP contribution in [0, 0.1) is 12.7 Å². The van der Waals surface area contributed by atoms with Crippen LogP contribution in [0.4, 0.5) is 10.1 Å². The highest BCUT2D eigenvalue weighted by Gasteiger charge is 2.04. The second kappa shape index (κ2) is 6.44. The lowest BCUT2D eigenvalue weighted by Gasteiger charge is -2.09. The first-order valence-electron chi connectivity index (χ1n) is 7.20. The summed E-state index contributed by atoms with van der Waals surface area (Å²) in [5, 5.41) is 3.06. The molecule has 0 amide bonds. The lowest BCUT2D eigenvalue weighted by atomic mass is 10.1. The van der Waals surface area contributed by atoms with Crippen molar-refractivity contribution in [2.75, 3.05) is 12.4 Å². The first-order chi connectivity index (χ1) is 11.2. The fourth-order valence-corrected chi connectivity index (χ4v) is 2.20. The Bertz CT molecular complexity index is 802. The Balaban J connectivity index is 1.77. The maximum Gasteiger partial charge on any atom is 0.219 e. The monoisotopic (exact) mass is 309 g/mol. The number of nitrogens with one attached hydrogen (secondary N) is 1. The topological polar surface area (TPSA) is 47.0 Å². The van der Waals surface area contributed by atoms with Crippen molar-refractivity contribution in [3.63, 3.8) is 0 Å². The Kier molecular flexibility index (Phi) is 4.19.